The predicted molar refractivity (Wildman–Crippen MR) is 130 cm³/mol. The first-order chi connectivity index (χ1) is 18.9. The first-order valence-electron chi connectivity index (χ1n) is 11.7. The summed E-state index contributed by atoms with van der Waals surface area (Å²) in [4.78, 5) is 93.1. The fourth-order valence-electron chi connectivity index (χ4n) is 4.23. The zero-order chi connectivity index (χ0) is 29.7. The molecule has 0 aliphatic carbocycles. The smallest absolute Gasteiger partial charge is 0.326 e. The van der Waals surface area contributed by atoms with Gasteiger partial charge in [-0.2, -0.15) is 0 Å². The fourth-order valence-corrected chi connectivity index (χ4v) is 4.23. The number of imide groups is 2. The Bertz CT molecular complexity index is 1250. The molecule has 0 saturated heterocycles. The van der Waals surface area contributed by atoms with Crippen LogP contribution in [-0.4, -0.2) is 89.8 Å². The maximum absolute atomic E-state index is 12.1. The standard InChI is InChI=1S/2C13H11NO6/c2*15-10(16)6-5-9(13(19)20)14-11(17)7-3-1-2-4-8(7)12(14)18/h2*1-4,9H,5-6H2,(H,15,16)(H,19,20)/t2*9-/m00/s1. The molecule has 2 atom stereocenters. The Hall–Kier alpha value is -5.40. The van der Waals surface area contributed by atoms with Crippen LogP contribution in [0.15, 0.2) is 48.5 Å². The molecule has 4 rings (SSSR count). The molecular formula is C26H22N2O12. The Labute approximate surface area is 225 Å². The van der Waals surface area contributed by atoms with Crippen molar-refractivity contribution in [2.45, 2.75) is 37.8 Å². The Morgan fingerprint density at radius 2 is 0.775 bits per heavy atom. The van der Waals surface area contributed by atoms with Gasteiger partial charge in [-0.05, 0) is 37.1 Å². The number of carboxylic acids is 4. The molecule has 4 N–H and O–H groups in total. The van der Waals surface area contributed by atoms with E-state index in [1.54, 1.807) is 24.3 Å². The molecule has 2 aliphatic heterocycles. The number of rotatable bonds is 10. The van der Waals surface area contributed by atoms with Crippen LogP contribution in [0.1, 0.15) is 67.1 Å². The average Bonchev–Trinajstić information content (AvgIpc) is 3.30. The van der Waals surface area contributed by atoms with E-state index in [1.165, 1.54) is 24.3 Å². The zero-order valence-electron chi connectivity index (χ0n) is 20.6. The first-order valence-corrected chi connectivity index (χ1v) is 11.7. The third-order valence-corrected chi connectivity index (χ3v) is 6.11. The molecule has 0 saturated carbocycles. The van der Waals surface area contributed by atoms with Gasteiger partial charge in [-0.3, -0.25) is 38.6 Å². The maximum Gasteiger partial charge on any atom is 0.326 e. The summed E-state index contributed by atoms with van der Waals surface area (Å²) >= 11 is 0. The summed E-state index contributed by atoms with van der Waals surface area (Å²) in [5, 5.41) is 35.5. The largest absolute Gasteiger partial charge is 0.481 e. The van der Waals surface area contributed by atoms with Crippen LogP contribution >= 0.6 is 0 Å². The van der Waals surface area contributed by atoms with Crippen molar-refractivity contribution < 1.29 is 58.8 Å². The highest BCUT2D eigenvalue weighted by Gasteiger charge is 2.43. The highest BCUT2D eigenvalue weighted by Crippen LogP contribution is 2.27. The Balaban J connectivity index is 0.000000220. The van der Waals surface area contributed by atoms with E-state index < -0.39 is 72.4 Å². The molecule has 14 nitrogen and oxygen atoms in total. The van der Waals surface area contributed by atoms with E-state index in [9.17, 15) is 38.4 Å². The number of aliphatic carboxylic acids is 4. The predicted octanol–water partition coefficient (Wildman–Crippen LogP) is 1.20. The van der Waals surface area contributed by atoms with Gasteiger partial charge in [0, 0.05) is 12.8 Å². The summed E-state index contributed by atoms with van der Waals surface area (Å²) < 4.78 is 0. The van der Waals surface area contributed by atoms with Gasteiger partial charge in [-0.1, -0.05) is 24.3 Å². The van der Waals surface area contributed by atoms with Crippen molar-refractivity contribution in [2.24, 2.45) is 0 Å². The highest BCUT2D eigenvalue weighted by atomic mass is 16.4. The third kappa shape index (κ3) is 5.85. The van der Waals surface area contributed by atoms with E-state index in [2.05, 4.69) is 0 Å². The lowest BCUT2D eigenvalue weighted by molar-refractivity contribution is -0.144. The minimum absolute atomic E-state index is 0.138. The van der Waals surface area contributed by atoms with Gasteiger partial charge in [0.1, 0.15) is 12.1 Å². The van der Waals surface area contributed by atoms with Crippen LogP contribution in [-0.2, 0) is 19.2 Å². The molecule has 2 aliphatic rings. The van der Waals surface area contributed by atoms with E-state index in [-0.39, 0.29) is 35.1 Å². The molecule has 0 aromatic heterocycles. The van der Waals surface area contributed by atoms with Gasteiger partial charge in [-0.25, -0.2) is 9.59 Å². The maximum atomic E-state index is 12.1. The van der Waals surface area contributed by atoms with Crippen LogP contribution in [0.25, 0.3) is 0 Å². The molecule has 2 aromatic carbocycles. The van der Waals surface area contributed by atoms with Crippen molar-refractivity contribution in [2.75, 3.05) is 0 Å². The second kappa shape index (κ2) is 12.0. The average molecular weight is 554 g/mol. The third-order valence-electron chi connectivity index (χ3n) is 6.11. The normalized spacial score (nSPS) is 15.1. The molecule has 208 valence electrons. The summed E-state index contributed by atoms with van der Waals surface area (Å²) in [7, 11) is 0. The summed E-state index contributed by atoms with van der Waals surface area (Å²) in [6, 6.07) is 9.08. The number of fused-ring (bicyclic) bond motifs is 2. The molecule has 4 amide bonds. The number of hydrogen-bond donors (Lipinski definition) is 4. The SMILES string of the molecule is O=C(O)CC[C@@H](C(=O)O)N1C(=O)c2ccccc2C1=O.O=C(O)CC[C@@H](C(=O)O)N1C(=O)c2ccccc2C1=O. The van der Waals surface area contributed by atoms with Gasteiger partial charge >= 0.3 is 23.9 Å². The van der Waals surface area contributed by atoms with Gasteiger partial charge in [-0.15, -0.1) is 0 Å². The van der Waals surface area contributed by atoms with Crippen molar-refractivity contribution >= 4 is 47.5 Å². The Morgan fingerprint density at radius 1 is 0.525 bits per heavy atom. The fraction of sp³-hybridized carbons (Fsp3) is 0.231. The molecule has 2 aromatic rings. The summed E-state index contributed by atoms with van der Waals surface area (Å²) in [6.45, 7) is 0. The van der Waals surface area contributed by atoms with E-state index in [0.717, 1.165) is 0 Å². The van der Waals surface area contributed by atoms with Crippen molar-refractivity contribution in [3.05, 3.63) is 70.8 Å². The Morgan fingerprint density at radius 3 is 0.975 bits per heavy atom. The van der Waals surface area contributed by atoms with Crippen LogP contribution in [0.5, 0.6) is 0 Å². The van der Waals surface area contributed by atoms with Gasteiger partial charge in [0.15, 0.2) is 0 Å². The van der Waals surface area contributed by atoms with Crippen molar-refractivity contribution in [3.63, 3.8) is 0 Å². The Kier molecular flexibility index (Phi) is 8.73. The quantitative estimate of drug-likeness (QED) is 0.304. The number of benzene rings is 2. The minimum atomic E-state index is -1.47. The zero-order valence-corrected chi connectivity index (χ0v) is 20.6. The lowest BCUT2D eigenvalue weighted by Crippen LogP contribution is -2.45. The van der Waals surface area contributed by atoms with Gasteiger partial charge < -0.3 is 20.4 Å². The molecule has 0 unspecified atom stereocenters. The van der Waals surface area contributed by atoms with E-state index in [1.807, 2.05) is 0 Å². The number of carboxylic acid groups (broad SMARTS) is 4. The monoisotopic (exact) mass is 554 g/mol. The molecular weight excluding hydrogens is 532 g/mol. The lowest BCUT2D eigenvalue weighted by Gasteiger charge is -2.21. The number of carbonyl (C=O) groups excluding carboxylic acids is 4. The molecule has 0 spiro atoms. The number of amides is 4. The number of carbonyl (C=O) groups is 8. The molecule has 14 heteroatoms. The molecule has 0 bridgehead atoms. The number of hydrogen-bond acceptors (Lipinski definition) is 8. The van der Waals surface area contributed by atoms with Gasteiger partial charge in [0.05, 0.1) is 22.3 Å². The van der Waals surface area contributed by atoms with Gasteiger partial charge in [0.25, 0.3) is 23.6 Å². The lowest BCUT2D eigenvalue weighted by atomic mass is 10.1. The van der Waals surface area contributed by atoms with Crippen LogP contribution in [0.2, 0.25) is 0 Å². The summed E-state index contributed by atoms with van der Waals surface area (Å²) in [5.74, 6) is -8.00. The van der Waals surface area contributed by atoms with Crippen LogP contribution < -0.4 is 0 Å². The highest BCUT2D eigenvalue weighted by molar-refractivity contribution is 6.23. The van der Waals surface area contributed by atoms with Crippen LogP contribution in [0.3, 0.4) is 0 Å². The topological polar surface area (TPSA) is 224 Å². The molecule has 2 heterocycles. The second-order valence-electron chi connectivity index (χ2n) is 8.62. The minimum Gasteiger partial charge on any atom is -0.481 e. The first kappa shape index (κ1) is 29.2. The molecule has 0 radical (unpaired) electrons. The summed E-state index contributed by atoms with van der Waals surface area (Å²) in [5.41, 5.74) is 0.552. The van der Waals surface area contributed by atoms with Crippen molar-refractivity contribution in [1.29, 1.82) is 0 Å². The molecule has 0 fully saturated rings. The second-order valence-corrected chi connectivity index (χ2v) is 8.62. The van der Waals surface area contributed by atoms with Crippen molar-refractivity contribution in [1.82, 2.24) is 9.80 Å². The molecule has 40 heavy (non-hydrogen) atoms. The van der Waals surface area contributed by atoms with E-state index in [0.29, 0.717) is 9.80 Å². The van der Waals surface area contributed by atoms with Gasteiger partial charge in [0.2, 0.25) is 0 Å². The van der Waals surface area contributed by atoms with Crippen LogP contribution in [0, 0.1) is 0 Å². The van der Waals surface area contributed by atoms with Crippen molar-refractivity contribution in [3.8, 4) is 0 Å². The number of nitrogens with zero attached hydrogens (tertiary/aromatic N) is 2. The van der Waals surface area contributed by atoms with Crippen LogP contribution in [0.4, 0.5) is 0 Å². The summed E-state index contributed by atoms with van der Waals surface area (Å²) in [6.07, 6.45) is -1.53. The van der Waals surface area contributed by atoms with E-state index >= 15 is 0 Å². The van der Waals surface area contributed by atoms with E-state index in [4.69, 9.17) is 20.4 Å².